The molecule has 0 unspecified atom stereocenters. The van der Waals surface area contributed by atoms with Gasteiger partial charge in [0, 0.05) is 25.0 Å². The molecular weight excluding hydrogens is 333 g/mol. The van der Waals surface area contributed by atoms with Crippen molar-refractivity contribution in [1.82, 2.24) is 19.9 Å². The molecule has 1 saturated carbocycles. The van der Waals surface area contributed by atoms with Gasteiger partial charge < -0.3 is 10.6 Å². The van der Waals surface area contributed by atoms with Crippen molar-refractivity contribution in [3.05, 3.63) is 41.5 Å². The van der Waals surface area contributed by atoms with E-state index >= 15 is 0 Å². The van der Waals surface area contributed by atoms with Crippen LogP contribution in [-0.4, -0.2) is 44.9 Å². The maximum atomic E-state index is 13.5. The summed E-state index contributed by atoms with van der Waals surface area (Å²) in [4.78, 5) is 14.5. The molecule has 1 saturated heterocycles. The number of hydrogen-bond acceptors (Lipinski definition) is 4. The minimum Gasteiger partial charge on any atom is -0.336 e. The van der Waals surface area contributed by atoms with Crippen LogP contribution in [-0.2, 0) is 0 Å². The Hall–Kier alpha value is -1.99. The number of hydrogen-bond donors (Lipinski definition) is 1. The SMILES string of the molecule is Cl.N[C@@H]1CCN(C(=O)c2nnn(-c3cccc(F)c3)c2C2CC2)C1. The number of carbonyl (C=O) groups excluding carboxylic acids is 1. The molecule has 2 aromatic rings. The van der Waals surface area contributed by atoms with E-state index in [-0.39, 0.29) is 36.1 Å². The van der Waals surface area contributed by atoms with Gasteiger partial charge in [-0.2, -0.15) is 0 Å². The summed E-state index contributed by atoms with van der Waals surface area (Å²) in [6.07, 6.45) is 2.81. The molecule has 0 spiro atoms. The molecular formula is C16H19ClFN5O. The van der Waals surface area contributed by atoms with Gasteiger partial charge in [0.05, 0.1) is 11.4 Å². The number of nitrogens with two attached hydrogens (primary N) is 1. The zero-order valence-corrected chi connectivity index (χ0v) is 13.9. The molecule has 2 fully saturated rings. The van der Waals surface area contributed by atoms with Crippen LogP contribution >= 0.6 is 12.4 Å². The van der Waals surface area contributed by atoms with E-state index in [0.717, 1.165) is 25.0 Å². The maximum absolute atomic E-state index is 13.5. The van der Waals surface area contributed by atoms with E-state index in [0.29, 0.717) is 24.5 Å². The monoisotopic (exact) mass is 351 g/mol. The topological polar surface area (TPSA) is 77.0 Å². The smallest absolute Gasteiger partial charge is 0.276 e. The van der Waals surface area contributed by atoms with Gasteiger partial charge in [0.2, 0.25) is 0 Å². The van der Waals surface area contributed by atoms with Gasteiger partial charge in [0.25, 0.3) is 5.91 Å². The third-order valence-corrected chi connectivity index (χ3v) is 4.44. The van der Waals surface area contributed by atoms with Gasteiger partial charge in [-0.15, -0.1) is 17.5 Å². The Balaban J connectivity index is 0.00000169. The van der Waals surface area contributed by atoms with Crippen LogP contribution in [0, 0.1) is 5.82 Å². The zero-order chi connectivity index (χ0) is 16.0. The lowest BCUT2D eigenvalue weighted by molar-refractivity contribution is 0.0783. The quantitative estimate of drug-likeness (QED) is 0.916. The summed E-state index contributed by atoms with van der Waals surface area (Å²) in [6, 6.07) is 6.21. The lowest BCUT2D eigenvalue weighted by Crippen LogP contribution is -2.32. The molecule has 4 rings (SSSR count). The van der Waals surface area contributed by atoms with Crippen molar-refractivity contribution in [2.45, 2.75) is 31.2 Å². The fourth-order valence-electron chi connectivity index (χ4n) is 3.08. The second-order valence-corrected chi connectivity index (χ2v) is 6.29. The largest absolute Gasteiger partial charge is 0.336 e. The molecule has 128 valence electrons. The lowest BCUT2D eigenvalue weighted by atomic mass is 10.2. The van der Waals surface area contributed by atoms with Crippen LogP contribution in [0.1, 0.15) is 41.4 Å². The average Bonchev–Trinajstić information content (AvgIpc) is 3.13. The number of nitrogens with zero attached hydrogens (tertiary/aromatic N) is 4. The van der Waals surface area contributed by atoms with E-state index in [4.69, 9.17) is 5.73 Å². The first kappa shape index (κ1) is 16.9. The summed E-state index contributed by atoms with van der Waals surface area (Å²) >= 11 is 0. The van der Waals surface area contributed by atoms with Crippen LogP contribution < -0.4 is 5.73 Å². The molecule has 1 atom stereocenters. The first-order chi connectivity index (χ1) is 11.1. The Morgan fingerprint density at radius 2 is 2.08 bits per heavy atom. The minimum atomic E-state index is -0.335. The Kier molecular flexibility index (Phi) is 4.56. The van der Waals surface area contributed by atoms with Crippen LogP contribution in [0.15, 0.2) is 24.3 Å². The van der Waals surface area contributed by atoms with Crippen LogP contribution in [0.4, 0.5) is 4.39 Å². The van der Waals surface area contributed by atoms with Crippen molar-refractivity contribution < 1.29 is 9.18 Å². The first-order valence-electron chi connectivity index (χ1n) is 7.90. The summed E-state index contributed by atoms with van der Waals surface area (Å²) < 4.78 is 15.1. The molecule has 8 heteroatoms. The number of benzene rings is 1. The molecule has 1 aromatic carbocycles. The van der Waals surface area contributed by atoms with E-state index in [2.05, 4.69) is 10.3 Å². The van der Waals surface area contributed by atoms with Crippen LogP contribution in [0.5, 0.6) is 0 Å². The van der Waals surface area contributed by atoms with Crippen molar-refractivity contribution in [2.24, 2.45) is 5.73 Å². The molecule has 2 N–H and O–H groups in total. The first-order valence-corrected chi connectivity index (χ1v) is 7.90. The van der Waals surface area contributed by atoms with Gasteiger partial charge in [0.15, 0.2) is 5.69 Å². The van der Waals surface area contributed by atoms with Gasteiger partial charge in [-0.25, -0.2) is 9.07 Å². The Bertz CT molecular complexity index is 761. The van der Waals surface area contributed by atoms with Crippen LogP contribution in [0.2, 0.25) is 0 Å². The second-order valence-electron chi connectivity index (χ2n) is 6.29. The van der Waals surface area contributed by atoms with E-state index in [1.165, 1.54) is 12.1 Å². The summed E-state index contributed by atoms with van der Waals surface area (Å²) in [5, 5.41) is 8.23. The normalized spacial score (nSPS) is 20.1. The number of likely N-dealkylation sites (tertiary alicyclic amines) is 1. The fraction of sp³-hybridized carbons (Fsp3) is 0.438. The minimum absolute atomic E-state index is 0. The number of carbonyl (C=O) groups is 1. The standard InChI is InChI=1S/C16H18FN5O.ClH/c17-11-2-1-3-13(8-11)22-15(10-4-5-10)14(19-20-22)16(23)21-7-6-12(18)9-21;/h1-3,8,10,12H,4-7,9,18H2;1H/t12-;/m1./s1. The van der Waals surface area contributed by atoms with Crippen molar-refractivity contribution in [3.63, 3.8) is 0 Å². The predicted octanol–water partition coefficient (Wildman–Crippen LogP) is 1.88. The molecule has 6 nitrogen and oxygen atoms in total. The maximum Gasteiger partial charge on any atom is 0.276 e. The molecule has 1 aliphatic carbocycles. The average molecular weight is 352 g/mol. The zero-order valence-electron chi connectivity index (χ0n) is 13.1. The molecule has 0 radical (unpaired) electrons. The van der Waals surface area contributed by atoms with Crippen molar-refractivity contribution >= 4 is 18.3 Å². The lowest BCUT2D eigenvalue weighted by Gasteiger charge is -2.15. The number of amides is 1. The van der Waals surface area contributed by atoms with E-state index < -0.39 is 0 Å². The van der Waals surface area contributed by atoms with Gasteiger partial charge >= 0.3 is 0 Å². The fourth-order valence-corrected chi connectivity index (χ4v) is 3.08. The summed E-state index contributed by atoms with van der Waals surface area (Å²) in [6.45, 7) is 1.20. The van der Waals surface area contributed by atoms with E-state index in [1.807, 2.05) is 0 Å². The van der Waals surface area contributed by atoms with Gasteiger partial charge in [0.1, 0.15) is 5.82 Å². The highest BCUT2D eigenvalue weighted by Gasteiger charge is 2.36. The number of halogens is 2. The van der Waals surface area contributed by atoms with Gasteiger partial charge in [-0.05, 0) is 37.5 Å². The molecule has 1 aromatic heterocycles. The Morgan fingerprint density at radius 1 is 1.29 bits per heavy atom. The molecule has 1 amide bonds. The van der Waals surface area contributed by atoms with Gasteiger partial charge in [-0.1, -0.05) is 11.3 Å². The Morgan fingerprint density at radius 3 is 2.71 bits per heavy atom. The van der Waals surface area contributed by atoms with Crippen molar-refractivity contribution in [1.29, 1.82) is 0 Å². The highest BCUT2D eigenvalue weighted by molar-refractivity contribution is 5.94. The molecule has 2 heterocycles. The summed E-state index contributed by atoms with van der Waals surface area (Å²) in [5.74, 6) is -0.191. The third-order valence-electron chi connectivity index (χ3n) is 4.44. The summed E-state index contributed by atoms with van der Waals surface area (Å²) in [7, 11) is 0. The third kappa shape index (κ3) is 3.01. The number of rotatable bonds is 3. The van der Waals surface area contributed by atoms with Crippen LogP contribution in [0.3, 0.4) is 0 Å². The van der Waals surface area contributed by atoms with Gasteiger partial charge in [-0.3, -0.25) is 4.79 Å². The Labute approximate surface area is 145 Å². The van der Waals surface area contributed by atoms with Crippen molar-refractivity contribution in [2.75, 3.05) is 13.1 Å². The molecule has 1 aliphatic heterocycles. The molecule has 0 bridgehead atoms. The van der Waals surface area contributed by atoms with E-state index in [9.17, 15) is 9.18 Å². The predicted molar refractivity (Wildman–Crippen MR) is 89.0 cm³/mol. The summed E-state index contributed by atoms with van der Waals surface area (Å²) in [5.41, 5.74) is 7.65. The molecule has 2 aliphatic rings. The highest BCUT2D eigenvalue weighted by Crippen LogP contribution is 2.42. The number of aromatic nitrogens is 3. The van der Waals surface area contributed by atoms with Crippen molar-refractivity contribution in [3.8, 4) is 5.69 Å². The highest BCUT2D eigenvalue weighted by atomic mass is 35.5. The molecule has 24 heavy (non-hydrogen) atoms. The van der Waals surface area contributed by atoms with Crippen LogP contribution in [0.25, 0.3) is 5.69 Å². The van der Waals surface area contributed by atoms with E-state index in [1.54, 1.807) is 21.7 Å². The second kappa shape index (κ2) is 6.49.